The summed E-state index contributed by atoms with van der Waals surface area (Å²) in [6.07, 6.45) is 4.37. The smallest absolute Gasteiger partial charge is 0.246 e. The molecule has 0 radical (unpaired) electrons. The number of nitrogens with zero attached hydrogens (tertiary/aromatic N) is 6. The maximum Gasteiger partial charge on any atom is 0.246 e. The summed E-state index contributed by atoms with van der Waals surface area (Å²) in [7, 11) is 0. The number of nitrogens with two attached hydrogens (primary N) is 1. The minimum atomic E-state index is -0.112. The molecular formula is C30H27N7O3. The minimum Gasteiger partial charge on any atom is -0.489 e. The number of rotatable bonds is 7. The summed E-state index contributed by atoms with van der Waals surface area (Å²) in [6, 6.07) is 16.9. The number of hydrogen-bond donors (Lipinski definition) is 1. The summed E-state index contributed by atoms with van der Waals surface area (Å²) in [5.41, 5.74) is 8.57. The van der Waals surface area contributed by atoms with Crippen molar-refractivity contribution in [2.45, 2.75) is 25.5 Å². The lowest BCUT2D eigenvalue weighted by molar-refractivity contribution is -0.127. The van der Waals surface area contributed by atoms with Gasteiger partial charge in [0, 0.05) is 19.2 Å². The molecule has 40 heavy (non-hydrogen) atoms. The zero-order chi connectivity index (χ0) is 27.9. The Morgan fingerprint density at radius 2 is 2.05 bits per heavy atom. The van der Waals surface area contributed by atoms with E-state index in [4.69, 9.17) is 20.3 Å². The number of anilines is 1. The van der Waals surface area contributed by atoms with Crippen LogP contribution in [0.1, 0.15) is 35.7 Å². The fourth-order valence-corrected chi connectivity index (χ4v) is 4.60. The standard InChI is InChI=1S/C30H27N7O3/c1-2-27(38)36-14-6-10-23(18-36)37-30-28(29(32)33-20-34-30)25(35-37)11-7-15-39-26-16-24(13-12-22(26)17-31)40-19-21-8-4-3-5-9-21/h2-5,8-9,12-13,16,20,23H,1,6,10,14-15,18-19H2,(H2,32,33,34). The average molecular weight is 534 g/mol. The first kappa shape index (κ1) is 26.3. The molecule has 1 aliphatic rings. The van der Waals surface area contributed by atoms with E-state index >= 15 is 0 Å². The number of hydrogen-bond acceptors (Lipinski definition) is 8. The van der Waals surface area contributed by atoms with Crippen molar-refractivity contribution in [2.24, 2.45) is 0 Å². The van der Waals surface area contributed by atoms with E-state index in [9.17, 15) is 10.1 Å². The van der Waals surface area contributed by atoms with Crippen LogP contribution >= 0.6 is 0 Å². The molecule has 1 unspecified atom stereocenters. The third kappa shape index (κ3) is 5.71. The van der Waals surface area contributed by atoms with Gasteiger partial charge in [-0.2, -0.15) is 10.4 Å². The van der Waals surface area contributed by atoms with Gasteiger partial charge >= 0.3 is 0 Å². The van der Waals surface area contributed by atoms with Crippen LogP contribution in [-0.4, -0.2) is 50.3 Å². The van der Waals surface area contributed by atoms with E-state index in [2.05, 4.69) is 34.5 Å². The third-order valence-corrected chi connectivity index (χ3v) is 6.58. The Morgan fingerprint density at radius 3 is 2.85 bits per heavy atom. The topological polar surface area (TPSA) is 132 Å². The Hall–Kier alpha value is -5.35. The number of benzene rings is 2. The number of aromatic nitrogens is 4. The molecule has 0 aliphatic carbocycles. The van der Waals surface area contributed by atoms with Gasteiger partial charge < -0.3 is 20.1 Å². The van der Waals surface area contributed by atoms with Crippen LogP contribution in [-0.2, 0) is 11.4 Å². The van der Waals surface area contributed by atoms with Crippen LogP contribution in [0.2, 0.25) is 0 Å². The molecule has 1 atom stereocenters. The van der Waals surface area contributed by atoms with Gasteiger partial charge in [0.25, 0.3) is 0 Å². The number of nitriles is 1. The van der Waals surface area contributed by atoms with Crippen molar-refractivity contribution in [3.05, 3.63) is 84.3 Å². The molecule has 1 saturated heterocycles. The first-order valence-electron chi connectivity index (χ1n) is 12.8. The second-order valence-electron chi connectivity index (χ2n) is 9.17. The Kier molecular flexibility index (Phi) is 7.89. The summed E-state index contributed by atoms with van der Waals surface area (Å²) in [5.74, 6) is 7.10. The van der Waals surface area contributed by atoms with Crippen molar-refractivity contribution in [2.75, 3.05) is 25.4 Å². The van der Waals surface area contributed by atoms with E-state index in [1.165, 1.54) is 12.4 Å². The fourth-order valence-electron chi connectivity index (χ4n) is 4.60. The number of amides is 1. The van der Waals surface area contributed by atoms with Crippen molar-refractivity contribution in [1.29, 1.82) is 5.26 Å². The molecule has 200 valence electrons. The van der Waals surface area contributed by atoms with E-state index in [1.807, 2.05) is 30.3 Å². The highest BCUT2D eigenvalue weighted by molar-refractivity contribution is 5.90. The van der Waals surface area contributed by atoms with Crippen LogP contribution < -0.4 is 15.2 Å². The normalized spacial score (nSPS) is 14.6. The molecule has 5 rings (SSSR count). The van der Waals surface area contributed by atoms with Gasteiger partial charge in [0.15, 0.2) is 5.65 Å². The van der Waals surface area contributed by atoms with E-state index in [-0.39, 0.29) is 24.4 Å². The highest BCUT2D eigenvalue weighted by Crippen LogP contribution is 2.29. The Balaban J connectivity index is 1.33. The highest BCUT2D eigenvalue weighted by atomic mass is 16.5. The Labute approximate surface area is 231 Å². The number of ether oxygens (including phenoxy) is 2. The number of carbonyl (C=O) groups is 1. The first-order chi connectivity index (χ1) is 19.6. The SMILES string of the molecule is C=CC(=O)N1CCCC(n2nc(C#CCOc3cc(OCc4ccccc4)ccc3C#N)c3c(N)ncnc32)C1. The first-order valence-corrected chi connectivity index (χ1v) is 12.8. The highest BCUT2D eigenvalue weighted by Gasteiger charge is 2.27. The molecule has 3 heterocycles. The minimum absolute atomic E-state index is 0.00378. The Bertz CT molecular complexity index is 1650. The van der Waals surface area contributed by atoms with Crippen LogP contribution in [0.15, 0.2) is 67.5 Å². The summed E-state index contributed by atoms with van der Waals surface area (Å²) in [4.78, 5) is 22.5. The molecule has 1 amide bonds. The van der Waals surface area contributed by atoms with Gasteiger partial charge in [-0.15, -0.1) is 0 Å². The van der Waals surface area contributed by atoms with E-state index in [0.717, 1.165) is 18.4 Å². The van der Waals surface area contributed by atoms with E-state index < -0.39 is 0 Å². The van der Waals surface area contributed by atoms with Gasteiger partial charge in [0.1, 0.15) is 48.6 Å². The number of nitrogen functional groups attached to an aromatic ring is 1. The lowest BCUT2D eigenvalue weighted by Gasteiger charge is -2.32. The van der Waals surface area contributed by atoms with Crippen molar-refractivity contribution < 1.29 is 14.3 Å². The molecule has 2 N–H and O–H groups in total. The van der Waals surface area contributed by atoms with Crippen molar-refractivity contribution in [3.8, 4) is 29.4 Å². The van der Waals surface area contributed by atoms with Gasteiger partial charge in [-0.25, -0.2) is 14.6 Å². The van der Waals surface area contributed by atoms with Crippen molar-refractivity contribution >= 4 is 22.8 Å². The molecule has 0 bridgehead atoms. The predicted molar refractivity (Wildman–Crippen MR) is 149 cm³/mol. The van der Waals surface area contributed by atoms with Gasteiger partial charge in [-0.1, -0.05) is 42.8 Å². The second-order valence-corrected chi connectivity index (χ2v) is 9.17. The zero-order valence-electron chi connectivity index (χ0n) is 21.8. The molecular weight excluding hydrogens is 506 g/mol. The zero-order valence-corrected chi connectivity index (χ0v) is 21.8. The van der Waals surface area contributed by atoms with Crippen LogP contribution in [0.3, 0.4) is 0 Å². The second kappa shape index (κ2) is 12.0. The summed E-state index contributed by atoms with van der Waals surface area (Å²) >= 11 is 0. The summed E-state index contributed by atoms with van der Waals surface area (Å²) in [5, 5.41) is 14.8. The fraction of sp³-hybridized carbons (Fsp3) is 0.233. The molecule has 10 heteroatoms. The molecule has 2 aromatic heterocycles. The lowest BCUT2D eigenvalue weighted by Crippen LogP contribution is -2.40. The number of fused-ring (bicyclic) bond motifs is 1. The molecule has 1 aliphatic heterocycles. The van der Waals surface area contributed by atoms with Crippen molar-refractivity contribution in [3.63, 3.8) is 0 Å². The monoisotopic (exact) mass is 533 g/mol. The maximum absolute atomic E-state index is 12.2. The number of likely N-dealkylation sites (tertiary alicyclic amines) is 1. The predicted octanol–water partition coefficient (Wildman–Crippen LogP) is 3.64. The van der Waals surface area contributed by atoms with Crippen LogP contribution in [0.5, 0.6) is 11.5 Å². The molecule has 1 fully saturated rings. The molecule has 2 aromatic carbocycles. The van der Waals surface area contributed by atoms with E-state index in [1.54, 1.807) is 27.8 Å². The average Bonchev–Trinajstić information content (AvgIpc) is 3.38. The summed E-state index contributed by atoms with van der Waals surface area (Å²) in [6.45, 7) is 5.15. The van der Waals surface area contributed by atoms with Crippen LogP contribution in [0, 0.1) is 23.2 Å². The lowest BCUT2D eigenvalue weighted by atomic mass is 10.1. The van der Waals surface area contributed by atoms with E-state index in [0.29, 0.717) is 53.5 Å². The Morgan fingerprint density at radius 1 is 1.20 bits per heavy atom. The van der Waals surface area contributed by atoms with Gasteiger partial charge in [0.05, 0.1) is 17.0 Å². The quantitative estimate of drug-likeness (QED) is 0.281. The number of carbonyl (C=O) groups excluding carboxylic acids is 1. The number of piperidine rings is 1. The van der Waals surface area contributed by atoms with Gasteiger partial charge in [-0.05, 0) is 42.5 Å². The molecule has 0 saturated carbocycles. The molecule has 10 nitrogen and oxygen atoms in total. The molecule has 4 aromatic rings. The summed E-state index contributed by atoms with van der Waals surface area (Å²) < 4.78 is 13.5. The van der Waals surface area contributed by atoms with Crippen molar-refractivity contribution in [1.82, 2.24) is 24.6 Å². The van der Waals surface area contributed by atoms with Gasteiger partial charge in [-0.3, -0.25) is 4.79 Å². The largest absolute Gasteiger partial charge is 0.489 e. The van der Waals surface area contributed by atoms with Crippen LogP contribution in [0.4, 0.5) is 5.82 Å². The third-order valence-electron chi connectivity index (χ3n) is 6.58. The maximum atomic E-state index is 12.2. The van der Waals surface area contributed by atoms with Crippen LogP contribution in [0.25, 0.3) is 11.0 Å². The molecule has 0 spiro atoms. The van der Waals surface area contributed by atoms with Gasteiger partial charge in [0.2, 0.25) is 5.91 Å².